The molecule has 1 aromatic heterocycles. The molecule has 1 aromatic carbocycles. The van der Waals surface area contributed by atoms with Crippen LogP contribution in [0.15, 0.2) is 21.6 Å². The predicted octanol–water partition coefficient (Wildman–Crippen LogP) is 4.26. The number of amides is 2. The van der Waals surface area contributed by atoms with Crippen LogP contribution in [0.5, 0.6) is 0 Å². The number of sulfonamides is 1. The molecule has 3 N–H and O–H groups in total. The first-order valence-electron chi connectivity index (χ1n) is 12.1. The lowest BCUT2D eigenvalue weighted by atomic mass is 9.77. The maximum Gasteiger partial charge on any atom is 0.333 e. The molecule has 1 saturated carbocycles. The average Bonchev–Trinajstić information content (AvgIpc) is 3.50. The van der Waals surface area contributed by atoms with E-state index in [0.717, 1.165) is 81.0 Å². The molecule has 0 aliphatic heterocycles. The Morgan fingerprint density at radius 2 is 1.67 bits per heavy atom. The van der Waals surface area contributed by atoms with Crippen molar-refractivity contribution in [1.82, 2.24) is 4.72 Å². The summed E-state index contributed by atoms with van der Waals surface area (Å²) >= 11 is 0. The second kappa shape index (κ2) is 7.34. The van der Waals surface area contributed by atoms with Crippen molar-refractivity contribution in [2.75, 3.05) is 5.32 Å². The number of aryl methyl sites for hydroxylation is 2. The minimum atomic E-state index is -4.22. The van der Waals surface area contributed by atoms with E-state index in [4.69, 9.17) is 4.42 Å². The summed E-state index contributed by atoms with van der Waals surface area (Å²) in [5.41, 5.74) is 5.01. The molecule has 0 spiro atoms. The number of urea groups is 1. The Bertz CT molecular complexity index is 1220. The van der Waals surface area contributed by atoms with Crippen LogP contribution in [0.4, 0.5) is 10.5 Å². The van der Waals surface area contributed by atoms with E-state index in [9.17, 15) is 18.3 Å². The fourth-order valence-electron chi connectivity index (χ4n) is 6.63. The van der Waals surface area contributed by atoms with Gasteiger partial charge in [0.1, 0.15) is 5.76 Å². The third-order valence-corrected chi connectivity index (χ3v) is 9.56. The molecule has 2 bridgehead atoms. The van der Waals surface area contributed by atoms with Gasteiger partial charge < -0.3 is 14.8 Å². The van der Waals surface area contributed by atoms with Gasteiger partial charge in [-0.15, -0.1) is 0 Å². The maximum atomic E-state index is 13.1. The van der Waals surface area contributed by atoms with Gasteiger partial charge in [0.15, 0.2) is 0 Å². The lowest BCUT2D eigenvalue weighted by Gasteiger charge is -2.32. The number of nitrogens with one attached hydrogen (secondary N) is 2. The Morgan fingerprint density at radius 3 is 2.30 bits per heavy atom. The third kappa shape index (κ3) is 3.33. The van der Waals surface area contributed by atoms with Gasteiger partial charge in [-0.25, -0.2) is 9.52 Å². The van der Waals surface area contributed by atoms with E-state index in [1.54, 1.807) is 6.92 Å². The molecule has 0 radical (unpaired) electrons. The zero-order valence-electron chi connectivity index (χ0n) is 18.9. The van der Waals surface area contributed by atoms with Crippen molar-refractivity contribution in [2.45, 2.75) is 87.7 Å². The number of aliphatic hydroxyl groups is 1. The van der Waals surface area contributed by atoms with Crippen molar-refractivity contribution < 1.29 is 22.7 Å². The largest absolute Gasteiger partial charge is 0.447 e. The van der Waals surface area contributed by atoms with E-state index in [-0.39, 0.29) is 16.9 Å². The Labute approximate surface area is 194 Å². The summed E-state index contributed by atoms with van der Waals surface area (Å²) in [6.07, 6.45) is 9.43. The molecule has 2 aromatic rings. The van der Waals surface area contributed by atoms with Crippen LogP contribution in [0.2, 0.25) is 0 Å². The Morgan fingerprint density at radius 1 is 1.03 bits per heavy atom. The highest BCUT2D eigenvalue weighted by Gasteiger charge is 2.46. The van der Waals surface area contributed by atoms with Crippen LogP contribution in [-0.2, 0) is 41.3 Å². The molecule has 5 aliphatic carbocycles. The molecular formula is C25H30N2O5S. The van der Waals surface area contributed by atoms with Crippen LogP contribution in [-0.4, -0.2) is 19.6 Å². The van der Waals surface area contributed by atoms with E-state index in [0.29, 0.717) is 11.3 Å². The molecule has 5 aliphatic rings. The summed E-state index contributed by atoms with van der Waals surface area (Å²) < 4.78 is 34.1. The number of anilines is 1. The van der Waals surface area contributed by atoms with E-state index < -0.39 is 21.7 Å². The summed E-state index contributed by atoms with van der Waals surface area (Å²) in [6.45, 7) is 1.74. The third-order valence-electron chi connectivity index (χ3n) is 8.38. The molecule has 33 heavy (non-hydrogen) atoms. The van der Waals surface area contributed by atoms with Crippen molar-refractivity contribution in [1.29, 1.82) is 0 Å². The molecule has 7 nitrogen and oxygen atoms in total. The van der Waals surface area contributed by atoms with E-state index in [1.807, 2.05) is 0 Å². The van der Waals surface area contributed by atoms with Crippen LogP contribution in [0, 0.1) is 5.92 Å². The van der Waals surface area contributed by atoms with Gasteiger partial charge in [-0.3, -0.25) is 0 Å². The van der Waals surface area contributed by atoms with Gasteiger partial charge in [0.25, 0.3) is 10.0 Å². The van der Waals surface area contributed by atoms with Gasteiger partial charge in [-0.1, -0.05) is 6.07 Å². The fraction of sp³-hybridized carbons (Fsp3) is 0.560. The minimum absolute atomic E-state index is 0.0849. The molecule has 2 amide bonds. The van der Waals surface area contributed by atoms with Gasteiger partial charge in [0.05, 0.1) is 5.60 Å². The standard InChI is InChI=1S/C25H30N2O5S/c1-25(29)17-10-8-14(9-11-17)23-20(25)13-21(32-23)33(30,31)27-24(28)26-22-18-6-2-4-15(18)12-16-5-3-7-19(16)22/h12-14,17,29H,2-11H2,1H3,(H2,26,27,28). The van der Waals surface area contributed by atoms with E-state index >= 15 is 0 Å². The Kier molecular flexibility index (Phi) is 4.72. The first kappa shape index (κ1) is 21.2. The summed E-state index contributed by atoms with van der Waals surface area (Å²) in [5, 5.41) is 13.7. The molecule has 0 saturated heterocycles. The van der Waals surface area contributed by atoms with E-state index in [2.05, 4.69) is 16.1 Å². The summed E-state index contributed by atoms with van der Waals surface area (Å²) in [5.74, 6) is 0.749. The average molecular weight is 471 g/mol. The van der Waals surface area contributed by atoms with Gasteiger partial charge in [-0.2, -0.15) is 8.42 Å². The lowest BCUT2D eigenvalue weighted by Crippen LogP contribution is -2.35. The highest BCUT2D eigenvalue weighted by atomic mass is 32.2. The molecule has 176 valence electrons. The molecule has 1 unspecified atom stereocenters. The SMILES string of the molecule is CC1(O)c2cc(S(=O)(=O)NC(=O)Nc3c4c(cc5c3CCC5)CCC4)oc2C2CCC1CC2. The number of carbonyl (C=O) groups is 1. The zero-order chi connectivity index (χ0) is 23.0. The van der Waals surface area contributed by atoms with Crippen LogP contribution < -0.4 is 10.0 Å². The van der Waals surface area contributed by atoms with Crippen molar-refractivity contribution >= 4 is 21.7 Å². The number of fused-ring (bicyclic) bond motifs is 4. The highest BCUT2D eigenvalue weighted by molar-refractivity contribution is 7.89. The lowest BCUT2D eigenvalue weighted by molar-refractivity contribution is -0.0159. The fourth-order valence-corrected chi connectivity index (χ4v) is 7.50. The topological polar surface area (TPSA) is 109 Å². The molecule has 7 rings (SSSR count). The van der Waals surface area contributed by atoms with E-state index in [1.165, 1.54) is 17.2 Å². The summed E-state index contributed by atoms with van der Waals surface area (Å²) in [7, 11) is -4.22. The molecule has 1 heterocycles. The molecule has 8 heteroatoms. The summed E-state index contributed by atoms with van der Waals surface area (Å²) in [4.78, 5) is 12.9. The normalized spacial score (nSPS) is 27.6. The number of hydrogen-bond acceptors (Lipinski definition) is 5. The molecule has 1 atom stereocenters. The van der Waals surface area contributed by atoms with Gasteiger partial charge in [-0.05, 0) is 99.3 Å². The van der Waals surface area contributed by atoms with Crippen molar-refractivity contribution in [3.05, 3.63) is 45.7 Å². The second-order valence-corrected chi connectivity index (χ2v) is 11.9. The summed E-state index contributed by atoms with van der Waals surface area (Å²) in [6, 6.07) is 2.91. The number of rotatable bonds is 3. The molecule has 1 fully saturated rings. The predicted molar refractivity (Wildman–Crippen MR) is 123 cm³/mol. The smallest absolute Gasteiger partial charge is 0.333 e. The minimum Gasteiger partial charge on any atom is -0.447 e. The number of furan rings is 1. The number of benzene rings is 1. The first-order chi connectivity index (χ1) is 15.7. The first-order valence-corrected chi connectivity index (χ1v) is 13.6. The van der Waals surface area contributed by atoms with Gasteiger partial charge in [0, 0.05) is 23.2 Å². The van der Waals surface area contributed by atoms with Crippen molar-refractivity contribution in [3.63, 3.8) is 0 Å². The Balaban J connectivity index is 1.28. The maximum absolute atomic E-state index is 13.1. The van der Waals surface area contributed by atoms with Gasteiger partial charge >= 0.3 is 6.03 Å². The number of hydrogen-bond donors (Lipinski definition) is 3. The van der Waals surface area contributed by atoms with Crippen molar-refractivity contribution in [3.8, 4) is 0 Å². The van der Waals surface area contributed by atoms with Crippen LogP contribution >= 0.6 is 0 Å². The van der Waals surface area contributed by atoms with Crippen LogP contribution in [0.3, 0.4) is 0 Å². The second-order valence-electron chi connectivity index (χ2n) is 10.3. The number of carbonyl (C=O) groups excluding carboxylic acids is 1. The van der Waals surface area contributed by atoms with Crippen LogP contribution in [0.1, 0.15) is 84.9 Å². The van der Waals surface area contributed by atoms with Crippen LogP contribution in [0.25, 0.3) is 0 Å². The van der Waals surface area contributed by atoms with Gasteiger partial charge in [0.2, 0.25) is 5.09 Å². The monoisotopic (exact) mass is 470 g/mol. The Hall–Kier alpha value is -2.32. The van der Waals surface area contributed by atoms with Crippen molar-refractivity contribution in [2.24, 2.45) is 5.92 Å². The molecular weight excluding hydrogens is 440 g/mol. The quantitative estimate of drug-likeness (QED) is 0.621. The highest BCUT2D eigenvalue weighted by Crippen LogP contribution is 2.52. The zero-order valence-corrected chi connectivity index (χ0v) is 19.7.